The summed E-state index contributed by atoms with van der Waals surface area (Å²) < 4.78 is 22.8. The number of ether oxygens (including phenoxy) is 4. The fourth-order valence-corrected chi connectivity index (χ4v) is 5.40. The van der Waals surface area contributed by atoms with Gasteiger partial charge in [-0.3, -0.25) is 19.6 Å². The Bertz CT molecular complexity index is 1220. The quantitative estimate of drug-likeness (QED) is 0.555. The van der Waals surface area contributed by atoms with Gasteiger partial charge >= 0.3 is 0 Å². The fraction of sp³-hybridized carbons (Fsp3) is 0.407. The zero-order valence-electron chi connectivity index (χ0n) is 20.8. The third kappa shape index (κ3) is 4.06. The molecule has 6 rings (SSSR count). The van der Waals surface area contributed by atoms with Gasteiger partial charge in [0.2, 0.25) is 6.79 Å². The van der Waals surface area contributed by atoms with Crippen LogP contribution >= 0.6 is 0 Å². The average molecular weight is 505 g/mol. The van der Waals surface area contributed by atoms with Crippen molar-refractivity contribution in [3.8, 4) is 23.0 Å². The van der Waals surface area contributed by atoms with Crippen molar-refractivity contribution in [2.24, 2.45) is 9.98 Å². The summed E-state index contributed by atoms with van der Waals surface area (Å²) in [6.07, 6.45) is 7.42. The Balaban J connectivity index is 1.23. The highest BCUT2D eigenvalue weighted by Gasteiger charge is 2.34. The second kappa shape index (κ2) is 9.42. The molecule has 2 saturated heterocycles. The molecule has 0 radical (unpaired) electrons. The number of benzene rings is 2. The molecule has 2 fully saturated rings. The fourth-order valence-electron chi connectivity index (χ4n) is 5.40. The van der Waals surface area contributed by atoms with E-state index in [1.54, 1.807) is 24.3 Å². The third-order valence-electron chi connectivity index (χ3n) is 7.35. The Morgan fingerprint density at radius 1 is 0.730 bits per heavy atom. The predicted octanol–water partition coefficient (Wildman–Crippen LogP) is 3.76. The Kier molecular flexibility index (Phi) is 5.94. The Labute approximate surface area is 214 Å². The van der Waals surface area contributed by atoms with Gasteiger partial charge in [0, 0.05) is 37.7 Å². The van der Waals surface area contributed by atoms with Gasteiger partial charge in [0.1, 0.15) is 0 Å². The molecule has 0 aromatic heterocycles. The van der Waals surface area contributed by atoms with E-state index in [9.17, 15) is 9.59 Å². The van der Waals surface area contributed by atoms with Gasteiger partial charge in [-0.25, -0.2) is 0 Å². The zero-order chi connectivity index (χ0) is 25.5. The molecule has 0 N–H and O–H groups in total. The molecule has 2 aromatic carbocycles. The normalized spacial score (nSPS) is 21.6. The van der Waals surface area contributed by atoms with Crippen LogP contribution in [-0.2, 0) is 0 Å². The maximum Gasteiger partial charge on any atom is 0.256 e. The van der Waals surface area contributed by atoms with Crippen LogP contribution < -0.4 is 18.9 Å². The summed E-state index contributed by atoms with van der Waals surface area (Å²) in [6, 6.07) is 6.76. The monoisotopic (exact) mass is 504 g/mol. The van der Waals surface area contributed by atoms with Crippen LogP contribution in [0, 0.1) is 0 Å². The van der Waals surface area contributed by atoms with Crippen LogP contribution in [0.5, 0.6) is 23.0 Å². The molecule has 4 aliphatic rings. The highest BCUT2D eigenvalue weighted by atomic mass is 16.7. The number of nitrogens with zero attached hydrogens (tertiary/aromatic N) is 4. The van der Waals surface area contributed by atoms with E-state index in [0.29, 0.717) is 45.5 Å². The number of rotatable bonds is 6. The minimum absolute atomic E-state index is 0.0187. The lowest BCUT2D eigenvalue weighted by molar-refractivity contribution is 0.0766. The van der Waals surface area contributed by atoms with Crippen LogP contribution in [0.1, 0.15) is 46.4 Å². The van der Waals surface area contributed by atoms with Crippen LogP contribution in [0.15, 0.2) is 34.3 Å². The second-order valence-corrected chi connectivity index (χ2v) is 9.42. The van der Waals surface area contributed by atoms with Crippen molar-refractivity contribution >= 4 is 35.6 Å². The molecule has 2 amide bonds. The number of fused-ring (bicyclic) bond motifs is 4. The van der Waals surface area contributed by atoms with Crippen molar-refractivity contribution in [1.29, 1.82) is 0 Å². The second-order valence-electron chi connectivity index (χ2n) is 9.42. The van der Waals surface area contributed by atoms with Gasteiger partial charge in [-0.15, -0.1) is 0 Å². The number of amides is 2. The van der Waals surface area contributed by atoms with Crippen molar-refractivity contribution in [3.05, 3.63) is 35.4 Å². The molecule has 10 heteroatoms. The van der Waals surface area contributed by atoms with Crippen LogP contribution in [0.3, 0.4) is 0 Å². The third-order valence-corrected chi connectivity index (χ3v) is 7.35. The van der Waals surface area contributed by atoms with Gasteiger partial charge in [0.05, 0.1) is 48.8 Å². The molecule has 0 aliphatic carbocycles. The first kappa shape index (κ1) is 23.3. The summed E-state index contributed by atoms with van der Waals surface area (Å²) >= 11 is 0. The van der Waals surface area contributed by atoms with Gasteiger partial charge in [0.25, 0.3) is 11.8 Å². The standard InChI is InChI=1S/C27H28N4O6/c1-34-22-9-18-20(28-13-16-5-3-7-30(16)26(18)32)11-24(22)36-15-37-25-12-21-19(10-23(25)35-2)27(33)31-8-4-6-17(31)14-29-21/h9-14,16-17H,3-8,15H2,1-2H3/t16-,17-/m0/s1. The molecule has 10 nitrogen and oxygen atoms in total. The highest BCUT2D eigenvalue weighted by Crippen LogP contribution is 2.40. The molecular weight excluding hydrogens is 476 g/mol. The minimum atomic E-state index is -0.164. The molecule has 4 aliphatic heterocycles. The van der Waals surface area contributed by atoms with Crippen LogP contribution in [-0.4, -0.2) is 80.2 Å². The number of hydrogen-bond acceptors (Lipinski definition) is 8. The summed E-state index contributed by atoms with van der Waals surface area (Å²) in [6.45, 7) is 1.28. The maximum atomic E-state index is 13.1. The lowest BCUT2D eigenvalue weighted by Crippen LogP contribution is -2.35. The largest absolute Gasteiger partial charge is 0.493 e. The smallest absolute Gasteiger partial charge is 0.256 e. The topological polar surface area (TPSA) is 102 Å². The first-order valence-corrected chi connectivity index (χ1v) is 12.5. The summed E-state index contributed by atoms with van der Waals surface area (Å²) in [7, 11) is 3.04. The van der Waals surface area contributed by atoms with Crippen molar-refractivity contribution in [3.63, 3.8) is 0 Å². The lowest BCUT2D eigenvalue weighted by Gasteiger charge is -2.21. The predicted molar refractivity (Wildman–Crippen MR) is 137 cm³/mol. The Morgan fingerprint density at radius 3 is 1.62 bits per heavy atom. The summed E-state index contributed by atoms with van der Waals surface area (Å²) in [5.41, 5.74) is 2.04. The molecular formula is C27H28N4O6. The Morgan fingerprint density at radius 2 is 1.19 bits per heavy atom. The lowest BCUT2D eigenvalue weighted by atomic mass is 10.1. The van der Waals surface area contributed by atoms with Crippen LogP contribution in [0.4, 0.5) is 11.4 Å². The molecule has 0 unspecified atom stereocenters. The van der Waals surface area contributed by atoms with Crippen LogP contribution in [0.25, 0.3) is 0 Å². The summed E-state index contributed by atoms with van der Waals surface area (Å²) in [4.78, 5) is 39.0. The number of carbonyl (C=O) groups excluding carboxylic acids is 2. The van der Waals surface area contributed by atoms with Crippen molar-refractivity contribution in [2.45, 2.75) is 37.8 Å². The average Bonchev–Trinajstić information content (AvgIpc) is 3.54. The number of hydrogen-bond donors (Lipinski definition) is 0. The summed E-state index contributed by atoms with van der Waals surface area (Å²) in [5, 5.41) is 0. The molecule has 0 saturated carbocycles. The molecule has 192 valence electrons. The van der Waals surface area contributed by atoms with Gasteiger partial charge in [-0.2, -0.15) is 0 Å². The molecule has 0 spiro atoms. The van der Waals surface area contributed by atoms with Gasteiger partial charge in [-0.05, 0) is 37.8 Å². The van der Waals surface area contributed by atoms with Gasteiger partial charge < -0.3 is 28.7 Å². The van der Waals surface area contributed by atoms with Gasteiger partial charge in [0.15, 0.2) is 23.0 Å². The van der Waals surface area contributed by atoms with Crippen molar-refractivity contribution < 1.29 is 28.5 Å². The molecule has 4 heterocycles. The number of aliphatic imine (C=N–C) groups is 2. The van der Waals surface area contributed by atoms with Gasteiger partial charge in [-0.1, -0.05) is 0 Å². The van der Waals surface area contributed by atoms with Crippen molar-refractivity contribution in [2.75, 3.05) is 34.1 Å². The van der Waals surface area contributed by atoms with E-state index in [1.165, 1.54) is 14.2 Å². The molecule has 2 atom stereocenters. The van der Waals surface area contributed by atoms with E-state index in [0.717, 1.165) is 38.8 Å². The maximum absolute atomic E-state index is 13.1. The van der Waals surface area contributed by atoms with E-state index in [1.807, 2.05) is 22.2 Å². The molecule has 0 bridgehead atoms. The Hall–Kier alpha value is -4.08. The van der Waals surface area contributed by atoms with E-state index in [2.05, 4.69) is 9.98 Å². The molecule has 37 heavy (non-hydrogen) atoms. The first-order valence-electron chi connectivity index (χ1n) is 12.5. The van der Waals surface area contributed by atoms with E-state index < -0.39 is 0 Å². The number of carbonyl (C=O) groups is 2. The first-order chi connectivity index (χ1) is 18.1. The minimum Gasteiger partial charge on any atom is -0.493 e. The van der Waals surface area contributed by atoms with E-state index >= 15 is 0 Å². The van der Waals surface area contributed by atoms with Crippen molar-refractivity contribution in [1.82, 2.24) is 9.80 Å². The number of methoxy groups -OCH3 is 2. The zero-order valence-corrected chi connectivity index (χ0v) is 20.8. The molecule has 2 aromatic rings. The van der Waals surface area contributed by atoms with E-state index in [-0.39, 0.29) is 30.7 Å². The van der Waals surface area contributed by atoms with E-state index in [4.69, 9.17) is 18.9 Å². The van der Waals surface area contributed by atoms with Crippen LogP contribution in [0.2, 0.25) is 0 Å². The summed E-state index contributed by atoms with van der Waals surface area (Å²) in [5.74, 6) is 1.51. The highest BCUT2D eigenvalue weighted by molar-refractivity contribution is 6.04. The SMILES string of the molecule is COc1cc2c(cc1OCOc1cc3c(cc1OC)C(=O)N1CCC[C@H]1C=N3)N=C[C@@H]1CCCN1C2=O.